The fourth-order valence-electron chi connectivity index (χ4n) is 2.87. The monoisotopic (exact) mass is 339 g/mol. The molecule has 1 aliphatic rings. The molecule has 0 amide bonds. The van der Waals surface area contributed by atoms with Gasteiger partial charge in [-0.1, -0.05) is 17.3 Å². The van der Waals surface area contributed by atoms with Gasteiger partial charge < -0.3 is 4.52 Å². The Morgan fingerprint density at radius 3 is 2.08 bits per heavy atom. The predicted octanol–water partition coefficient (Wildman–Crippen LogP) is 3.32. The Kier molecular flexibility index (Phi) is 4.91. The van der Waals surface area contributed by atoms with Crippen molar-refractivity contribution in [1.82, 2.24) is 15.0 Å². The van der Waals surface area contributed by atoms with Gasteiger partial charge in [0.1, 0.15) is 0 Å². The summed E-state index contributed by atoms with van der Waals surface area (Å²) in [4.78, 5) is 4.55. The van der Waals surface area contributed by atoms with Crippen LogP contribution >= 0.6 is 0 Å². The number of piperazine rings is 1. The van der Waals surface area contributed by atoms with Crippen LogP contribution in [0.4, 0.5) is 13.2 Å². The van der Waals surface area contributed by atoms with Crippen molar-refractivity contribution in [2.24, 2.45) is 0 Å². The van der Waals surface area contributed by atoms with Crippen LogP contribution in [0.15, 0.2) is 34.9 Å². The van der Waals surface area contributed by atoms with E-state index >= 15 is 0 Å². The zero-order chi connectivity index (χ0) is 17.2. The van der Waals surface area contributed by atoms with Gasteiger partial charge in [0, 0.05) is 38.8 Å². The fraction of sp³-hybridized carbons (Fsp3) is 0.471. The highest BCUT2D eigenvalue weighted by molar-refractivity contribution is 5.24. The van der Waals surface area contributed by atoms with Gasteiger partial charge in [-0.25, -0.2) is 0 Å². The summed E-state index contributed by atoms with van der Waals surface area (Å²) >= 11 is 0. The highest BCUT2D eigenvalue weighted by atomic mass is 19.4. The Balaban J connectivity index is 1.48. The van der Waals surface area contributed by atoms with Crippen LogP contribution in [0.5, 0.6) is 0 Å². The molecule has 4 nitrogen and oxygen atoms in total. The number of nitrogens with zero attached hydrogens (tertiary/aromatic N) is 3. The lowest BCUT2D eigenvalue weighted by molar-refractivity contribution is -0.137. The lowest BCUT2D eigenvalue weighted by Gasteiger charge is -2.34. The maximum absolute atomic E-state index is 12.6. The number of hydrogen-bond acceptors (Lipinski definition) is 4. The minimum atomic E-state index is -4.27. The number of benzene rings is 1. The van der Waals surface area contributed by atoms with Crippen molar-refractivity contribution in [2.45, 2.75) is 26.2 Å². The molecular weight excluding hydrogens is 319 g/mol. The third kappa shape index (κ3) is 4.36. The van der Waals surface area contributed by atoms with Crippen LogP contribution in [0, 0.1) is 6.92 Å². The lowest BCUT2D eigenvalue weighted by Crippen LogP contribution is -2.45. The Morgan fingerprint density at radius 2 is 1.58 bits per heavy atom. The molecule has 0 unspecified atom stereocenters. The summed E-state index contributed by atoms with van der Waals surface area (Å²) in [5, 5.41) is 3.89. The number of halogens is 3. The summed E-state index contributed by atoms with van der Waals surface area (Å²) in [5.41, 5.74) is 1.19. The second-order valence-corrected chi connectivity index (χ2v) is 6.18. The maximum Gasteiger partial charge on any atom is 0.416 e. The van der Waals surface area contributed by atoms with Gasteiger partial charge in [-0.05, 0) is 24.6 Å². The predicted molar refractivity (Wildman–Crippen MR) is 83.2 cm³/mol. The number of alkyl halides is 3. The second kappa shape index (κ2) is 6.94. The first-order valence-corrected chi connectivity index (χ1v) is 7.93. The van der Waals surface area contributed by atoms with Crippen LogP contribution in [0.1, 0.15) is 22.6 Å². The van der Waals surface area contributed by atoms with E-state index in [1.165, 1.54) is 0 Å². The van der Waals surface area contributed by atoms with Crippen molar-refractivity contribution < 1.29 is 17.7 Å². The van der Waals surface area contributed by atoms with E-state index in [0.29, 0.717) is 6.54 Å². The number of aryl methyl sites for hydroxylation is 1. The molecule has 1 aromatic heterocycles. The summed E-state index contributed by atoms with van der Waals surface area (Å²) in [6, 6.07) is 7.36. The fourth-order valence-corrected chi connectivity index (χ4v) is 2.87. The molecule has 7 heteroatoms. The van der Waals surface area contributed by atoms with Crippen molar-refractivity contribution in [2.75, 3.05) is 26.2 Å². The van der Waals surface area contributed by atoms with Crippen molar-refractivity contribution in [3.63, 3.8) is 0 Å². The zero-order valence-corrected chi connectivity index (χ0v) is 13.5. The molecule has 0 spiro atoms. The van der Waals surface area contributed by atoms with Crippen LogP contribution < -0.4 is 0 Å². The molecule has 2 heterocycles. The summed E-state index contributed by atoms with van der Waals surface area (Å²) in [6.07, 6.45) is -4.27. The molecule has 1 saturated heterocycles. The van der Waals surface area contributed by atoms with Gasteiger partial charge in [-0.3, -0.25) is 9.80 Å². The molecule has 0 bridgehead atoms. The number of rotatable bonds is 4. The van der Waals surface area contributed by atoms with E-state index in [1.807, 2.05) is 13.0 Å². The average Bonchev–Trinajstić information content (AvgIpc) is 2.94. The molecule has 0 radical (unpaired) electrons. The van der Waals surface area contributed by atoms with E-state index in [1.54, 1.807) is 12.1 Å². The minimum Gasteiger partial charge on any atom is -0.360 e. The average molecular weight is 339 g/mol. The molecule has 3 rings (SSSR count). The number of hydrogen-bond donors (Lipinski definition) is 0. The third-order valence-electron chi connectivity index (χ3n) is 4.21. The van der Waals surface area contributed by atoms with Gasteiger partial charge in [-0.2, -0.15) is 13.2 Å². The number of aromatic nitrogens is 1. The van der Waals surface area contributed by atoms with Gasteiger partial charge in [0.15, 0.2) is 5.76 Å². The second-order valence-electron chi connectivity index (χ2n) is 6.18. The molecular formula is C17H20F3N3O. The van der Waals surface area contributed by atoms with Gasteiger partial charge >= 0.3 is 6.18 Å². The van der Waals surface area contributed by atoms with Gasteiger partial charge in [0.2, 0.25) is 0 Å². The topological polar surface area (TPSA) is 32.5 Å². The Bertz CT molecular complexity index is 658. The van der Waals surface area contributed by atoms with Crippen LogP contribution in [0.2, 0.25) is 0 Å². The molecule has 1 fully saturated rings. The molecule has 0 N–H and O–H groups in total. The van der Waals surface area contributed by atoms with Crippen molar-refractivity contribution in [3.8, 4) is 0 Å². The molecule has 0 atom stereocenters. The standard InChI is InChI=1S/C17H20F3N3O/c1-13-10-16(24-21-13)12-23-8-6-22(7-9-23)11-14-2-4-15(5-3-14)17(18,19)20/h2-5,10H,6-9,11-12H2,1H3. The molecule has 1 aliphatic heterocycles. The van der Waals surface area contributed by atoms with Crippen LogP contribution in [-0.2, 0) is 19.3 Å². The zero-order valence-electron chi connectivity index (χ0n) is 13.5. The van der Waals surface area contributed by atoms with E-state index in [2.05, 4.69) is 15.0 Å². The molecule has 1 aromatic carbocycles. The Morgan fingerprint density at radius 1 is 1.00 bits per heavy atom. The van der Waals surface area contributed by atoms with Gasteiger partial charge in [0.05, 0.1) is 17.8 Å². The largest absolute Gasteiger partial charge is 0.416 e. The first kappa shape index (κ1) is 17.0. The Hall–Kier alpha value is -1.86. The lowest BCUT2D eigenvalue weighted by atomic mass is 10.1. The summed E-state index contributed by atoms with van der Waals surface area (Å²) in [7, 11) is 0. The van der Waals surface area contributed by atoms with E-state index < -0.39 is 11.7 Å². The van der Waals surface area contributed by atoms with E-state index in [0.717, 1.165) is 61.9 Å². The van der Waals surface area contributed by atoms with Gasteiger partial charge in [-0.15, -0.1) is 0 Å². The van der Waals surface area contributed by atoms with Gasteiger partial charge in [0.25, 0.3) is 0 Å². The molecule has 2 aromatic rings. The quantitative estimate of drug-likeness (QED) is 0.855. The van der Waals surface area contributed by atoms with Crippen molar-refractivity contribution in [3.05, 3.63) is 52.9 Å². The first-order chi connectivity index (χ1) is 11.4. The van der Waals surface area contributed by atoms with E-state index in [9.17, 15) is 13.2 Å². The highest BCUT2D eigenvalue weighted by Gasteiger charge is 2.30. The molecule has 0 saturated carbocycles. The van der Waals surface area contributed by atoms with Crippen LogP contribution in [0.25, 0.3) is 0 Å². The highest BCUT2D eigenvalue weighted by Crippen LogP contribution is 2.29. The van der Waals surface area contributed by atoms with E-state index in [4.69, 9.17) is 4.52 Å². The first-order valence-electron chi connectivity index (χ1n) is 7.93. The van der Waals surface area contributed by atoms with Crippen molar-refractivity contribution in [1.29, 1.82) is 0 Å². The van der Waals surface area contributed by atoms with E-state index in [-0.39, 0.29) is 0 Å². The SMILES string of the molecule is Cc1cc(CN2CCN(Cc3ccc(C(F)(F)F)cc3)CC2)on1. The molecule has 0 aliphatic carbocycles. The van der Waals surface area contributed by atoms with Crippen LogP contribution in [-0.4, -0.2) is 41.1 Å². The third-order valence-corrected chi connectivity index (χ3v) is 4.21. The summed E-state index contributed by atoms with van der Waals surface area (Å²) in [5.74, 6) is 0.865. The smallest absolute Gasteiger partial charge is 0.360 e. The summed E-state index contributed by atoms with van der Waals surface area (Å²) in [6.45, 7) is 6.89. The van der Waals surface area contributed by atoms with Crippen LogP contribution in [0.3, 0.4) is 0 Å². The minimum absolute atomic E-state index is 0.599. The molecule has 130 valence electrons. The van der Waals surface area contributed by atoms with Crippen molar-refractivity contribution >= 4 is 0 Å². The summed E-state index contributed by atoms with van der Waals surface area (Å²) < 4.78 is 43.0. The Labute approximate surface area is 138 Å². The molecule has 24 heavy (non-hydrogen) atoms. The maximum atomic E-state index is 12.6. The normalized spacial score (nSPS) is 17.3.